The number of hydrogen-bond donors (Lipinski definition) is 0. The van der Waals surface area contributed by atoms with Crippen LogP contribution in [0.5, 0.6) is 0 Å². The second-order valence-corrected chi connectivity index (χ2v) is 6.24. The Kier molecular flexibility index (Phi) is 3.68. The maximum Gasteiger partial charge on any atom is 0.0702 e. The van der Waals surface area contributed by atoms with E-state index in [0.29, 0.717) is 0 Å². The van der Waals surface area contributed by atoms with E-state index in [-0.39, 0.29) is 0 Å². The molecular formula is C21H14BrN. The van der Waals surface area contributed by atoms with Gasteiger partial charge in [-0.3, -0.25) is 4.98 Å². The van der Waals surface area contributed by atoms with Crippen molar-refractivity contribution in [1.82, 2.24) is 4.98 Å². The van der Waals surface area contributed by atoms with Crippen molar-refractivity contribution in [3.63, 3.8) is 0 Å². The third-order valence-corrected chi connectivity index (χ3v) is 4.84. The maximum atomic E-state index is 4.58. The summed E-state index contributed by atoms with van der Waals surface area (Å²) in [4.78, 5) is 4.58. The van der Waals surface area contributed by atoms with Gasteiger partial charge < -0.3 is 0 Å². The fourth-order valence-electron chi connectivity index (χ4n) is 2.81. The Morgan fingerprint density at radius 3 is 2.17 bits per heavy atom. The van der Waals surface area contributed by atoms with Crippen molar-refractivity contribution < 1.29 is 0 Å². The quantitative estimate of drug-likeness (QED) is 0.407. The highest BCUT2D eigenvalue weighted by atomic mass is 79.9. The highest BCUT2D eigenvalue weighted by Gasteiger charge is 2.10. The van der Waals surface area contributed by atoms with E-state index in [1.807, 2.05) is 30.5 Å². The third-order valence-electron chi connectivity index (χ3n) is 3.98. The fourth-order valence-corrected chi connectivity index (χ4v) is 3.54. The first kappa shape index (κ1) is 14.2. The molecule has 23 heavy (non-hydrogen) atoms. The van der Waals surface area contributed by atoms with E-state index in [1.165, 1.54) is 11.1 Å². The molecule has 3 aromatic carbocycles. The van der Waals surface area contributed by atoms with E-state index in [4.69, 9.17) is 0 Å². The van der Waals surface area contributed by atoms with Crippen LogP contribution in [0.15, 0.2) is 89.5 Å². The number of nitrogens with zero attached hydrogens (tertiary/aromatic N) is 1. The topological polar surface area (TPSA) is 12.9 Å². The first-order chi connectivity index (χ1) is 11.3. The first-order valence-corrected chi connectivity index (χ1v) is 8.31. The molecule has 0 radical (unpaired) electrons. The lowest BCUT2D eigenvalue weighted by Crippen LogP contribution is -1.87. The van der Waals surface area contributed by atoms with Crippen LogP contribution < -0.4 is 0 Å². The summed E-state index contributed by atoms with van der Waals surface area (Å²) in [6, 6.07) is 27.2. The second kappa shape index (κ2) is 5.98. The molecule has 0 saturated heterocycles. The summed E-state index contributed by atoms with van der Waals surface area (Å²) < 4.78 is 1.10. The van der Waals surface area contributed by atoms with E-state index in [2.05, 4.69) is 75.5 Å². The molecule has 0 atom stereocenters. The zero-order chi connectivity index (χ0) is 15.6. The number of aromatic nitrogens is 1. The van der Waals surface area contributed by atoms with E-state index in [1.54, 1.807) is 0 Å². The average molecular weight is 360 g/mol. The number of pyridine rings is 1. The molecule has 0 unspecified atom stereocenters. The summed E-state index contributed by atoms with van der Waals surface area (Å²) in [5, 5.41) is 1.15. The average Bonchev–Trinajstić information content (AvgIpc) is 2.62. The molecule has 1 nitrogen and oxygen atoms in total. The minimum atomic E-state index is 1.02. The van der Waals surface area contributed by atoms with Crippen molar-refractivity contribution in [2.75, 3.05) is 0 Å². The van der Waals surface area contributed by atoms with Gasteiger partial charge in [-0.05, 0) is 44.8 Å². The highest BCUT2D eigenvalue weighted by molar-refractivity contribution is 9.10. The number of halogens is 1. The van der Waals surface area contributed by atoms with Crippen LogP contribution in [0.3, 0.4) is 0 Å². The molecule has 1 heterocycles. The second-order valence-electron chi connectivity index (χ2n) is 5.45. The van der Waals surface area contributed by atoms with Crippen LogP contribution >= 0.6 is 15.9 Å². The van der Waals surface area contributed by atoms with E-state index >= 15 is 0 Å². The van der Waals surface area contributed by atoms with Gasteiger partial charge >= 0.3 is 0 Å². The molecule has 0 fully saturated rings. The molecule has 0 amide bonds. The number of hydrogen-bond acceptors (Lipinski definition) is 1. The number of rotatable bonds is 2. The molecule has 0 aliphatic rings. The predicted octanol–water partition coefficient (Wildman–Crippen LogP) is 6.33. The van der Waals surface area contributed by atoms with Crippen LogP contribution in [0.25, 0.3) is 33.2 Å². The summed E-state index contributed by atoms with van der Waals surface area (Å²) in [5.41, 5.74) is 5.69. The minimum absolute atomic E-state index is 1.02. The predicted molar refractivity (Wildman–Crippen MR) is 100 cm³/mol. The van der Waals surface area contributed by atoms with Crippen molar-refractivity contribution in [3.8, 4) is 22.3 Å². The summed E-state index contributed by atoms with van der Waals surface area (Å²) in [6.45, 7) is 0. The van der Waals surface area contributed by atoms with Gasteiger partial charge in [0.1, 0.15) is 0 Å². The van der Waals surface area contributed by atoms with Gasteiger partial charge in [-0.1, -0.05) is 66.7 Å². The van der Waals surface area contributed by atoms with Crippen LogP contribution in [0.4, 0.5) is 0 Å². The fraction of sp³-hybridized carbons (Fsp3) is 0. The van der Waals surface area contributed by atoms with Gasteiger partial charge in [-0.2, -0.15) is 0 Å². The molecule has 0 N–H and O–H groups in total. The standard InChI is InChI=1S/C21H14BrN/c22-21-18(15-7-2-1-3-8-15)10-6-11-19(21)17-13-16-9-4-5-12-20(16)23-14-17/h1-14H. The lowest BCUT2D eigenvalue weighted by Gasteiger charge is -2.11. The molecule has 0 aliphatic heterocycles. The lowest BCUT2D eigenvalue weighted by atomic mass is 9.99. The molecule has 4 rings (SSSR count). The Morgan fingerprint density at radius 1 is 0.652 bits per heavy atom. The van der Waals surface area contributed by atoms with Gasteiger partial charge in [0.05, 0.1) is 5.52 Å². The minimum Gasteiger partial charge on any atom is -0.256 e. The summed E-state index contributed by atoms with van der Waals surface area (Å²) in [7, 11) is 0. The number of para-hydroxylation sites is 1. The normalized spacial score (nSPS) is 10.8. The largest absolute Gasteiger partial charge is 0.256 e. The SMILES string of the molecule is Brc1c(-c2ccccc2)cccc1-c1cnc2ccccc2c1. The van der Waals surface area contributed by atoms with E-state index < -0.39 is 0 Å². The molecule has 0 bridgehead atoms. The van der Waals surface area contributed by atoms with Gasteiger partial charge in [-0.15, -0.1) is 0 Å². The number of benzene rings is 3. The van der Waals surface area contributed by atoms with Crippen molar-refractivity contribution >= 4 is 26.8 Å². The Bertz CT molecular complexity index is 977. The van der Waals surface area contributed by atoms with Crippen LogP contribution in [-0.2, 0) is 0 Å². The van der Waals surface area contributed by atoms with Gasteiger partial charge in [0.2, 0.25) is 0 Å². The summed E-state index contributed by atoms with van der Waals surface area (Å²) >= 11 is 3.79. The number of fused-ring (bicyclic) bond motifs is 1. The molecule has 0 saturated carbocycles. The smallest absolute Gasteiger partial charge is 0.0702 e. The summed E-state index contributed by atoms with van der Waals surface area (Å²) in [5.74, 6) is 0. The molecule has 2 heteroatoms. The Hall–Kier alpha value is -2.45. The van der Waals surface area contributed by atoms with Crippen molar-refractivity contribution in [2.24, 2.45) is 0 Å². The van der Waals surface area contributed by atoms with Gasteiger partial charge in [0, 0.05) is 21.6 Å². The Labute approximate surface area is 143 Å². The molecule has 1 aromatic heterocycles. The zero-order valence-electron chi connectivity index (χ0n) is 12.4. The Balaban J connectivity index is 1.88. The van der Waals surface area contributed by atoms with Gasteiger partial charge in [0.25, 0.3) is 0 Å². The lowest BCUT2D eigenvalue weighted by molar-refractivity contribution is 1.40. The van der Waals surface area contributed by atoms with E-state index in [0.717, 1.165) is 26.5 Å². The van der Waals surface area contributed by atoms with Crippen molar-refractivity contribution in [3.05, 3.63) is 89.5 Å². The van der Waals surface area contributed by atoms with Gasteiger partial charge in [-0.25, -0.2) is 0 Å². The Morgan fingerprint density at radius 2 is 1.35 bits per heavy atom. The van der Waals surface area contributed by atoms with Crippen LogP contribution in [0.1, 0.15) is 0 Å². The maximum absolute atomic E-state index is 4.58. The van der Waals surface area contributed by atoms with Crippen LogP contribution in [0, 0.1) is 0 Å². The van der Waals surface area contributed by atoms with Gasteiger partial charge in [0.15, 0.2) is 0 Å². The van der Waals surface area contributed by atoms with Crippen molar-refractivity contribution in [2.45, 2.75) is 0 Å². The molecular weight excluding hydrogens is 346 g/mol. The van der Waals surface area contributed by atoms with Crippen LogP contribution in [-0.4, -0.2) is 4.98 Å². The van der Waals surface area contributed by atoms with Crippen molar-refractivity contribution in [1.29, 1.82) is 0 Å². The molecule has 0 spiro atoms. The highest BCUT2D eigenvalue weighted by Crippen LogP contribution is 2.37. The van der Waals surface area contributed by atoms with Crippen LogP contribution in [0.2, 0.25) is 0 Å². The molecule has 4 aromatic rings. The third kappa shape index (κ3) is 2.66. The monoisotopic (exact) mass is 359 g/mol. The summed E-state index contributed by atoms with van der Waals surface area (Å²) in [6.07, 6.45) is 1.94. The molecule has 0 aliphatic carbocycles. The first-order valence-electron chi connectivity index (χ1n) is 7.52. The molecule has 110 valence electrons. The van der Waals surface area contributed by atoms with E-state index in [9.17, 15) is 0 Å². The zero-order valence-corrected chi connectivity index (χ0v) is 14.0.